The third-order valence-corrected chi connectivity index (χ3v) is 3.09. The van der Waals surface area contributed by atoms with E-state index in [9.17, 15) is 0 Å². The molecule has 0 aromatic heterocycles. The van der Waals surface area contributed by atoms with Crippen LogP contribution in [0.25, 0.3) is 0 Å². The molecule has 0 bridgehead atoms. The van der Waals surface area contributed by atoms with Crippen molar-refractivity contribution in [2.45, 2.75) is 37.6 Å². The van der Waals surface area contributed by atoms with Crippen LogP contribution in [-0.2, 0) is 5.54 Å². The van der Waals surface area contributed by atoms with Crippen LogP contribution in [-0.4, -0.2) is 0 Å². The molecular formula is C12H18ClN. The molecule has 0 amide bonds. The van der Waals surface area contributed by atoms with Gasteiger partial charge < -0.3 is 5.73 Å². The molecule has 0 spiro atoms. The van der Waals surface area contributed by atoms with Crippen molar-refractivity contribution >= 4 is 12.4 Å². The fourth-order valence-electron chi connectivity index (χ4n) is 2.24. The van der Waals surface area contributed by atoms with Crippen molar-refractivity contribution in [3.05, 3.63) is 35.9 Å². The van der Waals surface area contributed by atoms with E-state index in [-0.39, 0.29) is 17.9 Å². The SMILES string of the molecule is Cl.NC1(c2ccccc2)CCCCC1. The maximum absolute atomic E-state index is 6.38. The van der Waals surface area contributed by atoms with Gasteiger partial charge in [-0.25, -0.2) is 0 Å². The molecule has 0 aliphatic heterocycles. The molecule has 78 valence electrons. The van der Waals surface area contributed by atoms with E-state index in [0.29, 0.717) is 0 Å². The van der Waals surface area contributed by atoms with Crippen LogP contribution in [0.4, 0.5) is 0 Å². The van der Waals surface area contributed by atoms with Crippen molar-refractivity contribution < 1.29 is 0 Å². The van der Waals surface area contributed by atoms with Crippen molar-refractivity contribution in [1.82, 2.24) is 0 Å². The van der Waals surface area contributed by atoms with Crippen LogP contribution in [0.3, 0.4) is 0 Å². The van der Waals surface area contributed by atoms with Gasteiger partial charge in [-0.3, -0.25) is 0 Å². The van der Waals surface area contributed by atoms with Crippen molar-refractivity contribution in [2.75, 3.05) is 0 Å². The average Bonchev–Trinajstić information content (AvgIpc) is 2.20. The van der Waals surface area contributed by atoms with Crippen LogP contribution >= 0.6 is 12.4 Å². The number of halogens is 1. The van der Waals surface area contributed by atoms with E-state index in [1.165, 1.54) is 24.8 Å². The van der Waals surface area contributed by atoms with E-state index in [4.69, 9.17) is 5.73 Å². The van der Waals surface area contributed by atoms with Gasteiger partial charge in [-0.1, -0.05) is 49.6 Å². The summed E-state index contributed by atoms with van der Waals surface area (Å²) >= 11 is 0. The van der Waals surface area contributed by atoms with Crippen LogP contribution in [0.15, 0.2) is 30.3 Å². The number of nitrogens with two attached hydrogens (primary N) is 1. The second-order valence-corrected chi connectivity index (χ2v) is 4.08. The highest BCUT2D eigenvalue weighted by Crippen LogP contribution is 2.34. The smallest absolute Gasteiger partial charge is 0.0409 e. The standard InChI is InChI=1S/C12H17N.ClH/c13-12(9-5-2-6-10-12)11-7-3-1-4-8-11;/h1,3-4,7-8H,2,5-6,9-10,13H2;1H. The lowest BCUT2D eigenvalue weighted by Gasteiger charge is -2.33. The number of rotatable bonds is 1. The highest BCUT2D eigenvalue weighted by molar-refractivity contribution is 5.85. The Bertz CT molecular complexity index is 265. The fourth-order valence-corrected chi connectivity index (χ4v) is 2.24. The number of hydrogen-bond acceptors (Lipinski definition) is 1. The Morgan fingerprint density at radius 1 is 0.929 bits per heavy atom. The highest BCUT2D eigenvalue weighted by atomic mass is 35.5. The number of benzene rings is 1. The molecule has 2 rings (SSSR count). The van der Waals surface area contributed by atoms with E-state index in [1.54, 1.807) is 0 Å². The first-order valence-electron chi connectivity index (χ1n) is 5.16. The molecule has 2 heteroatoms. The predicted octanol–water partition coefficient (Wildman–Crippen LogP) is 3.23. The topological polar surface area (TPSA) is 26.0 Å². The van der Waals surface area contributed by atoms with E-state index < -0.39 is 0 Å². The summed E-state index contributed by atoms with van der Waals surface area (Å²) in [4.78, 5) is 0. The summed E-state index contributed by atoms with van der Waals surface area (Å²) in [6.45, 7) is 0. The summed E-state index contributed by atoms with van der Waals surface area (Å²) in [5.74, 6) is 0. The van der Waals surface area contributed by atoms with E-state index >= 15 is 0 Å². The van der Waals surface area contributed by atoms with Gasteiger partial charge >= 0.3 is 0 Å². The largest absolute Gasteiger partial charge is 0.321 e. The molecule has 2 N–H and O–H groups in total. The summed E-state index contributed by atoms with van der Waals surface area (Å²) < 4.78 is 0. The highest BCUT2D eigenvalue weighted by Gasteiger charge is 2.28. The maximum atomic E-state index is 6.38. The zero-order valence-corrected chi connectivity index (χ0v) is 9.22. The van der Waals surface area contributed by atoms with Crippen molar-refractivity contribution in [3.63, 3.8) is 0 Å². The van der Waals surface area contributed by atoms with E-state index in [1.807, 2.05) is 0 Å². The minimum atomic E-state index is -0.0283. The van der Waals surface area contributed by atoms with Gasteiger partial charge in [0.15, 0.2) is 0 Å². The van der Waals surface area contributed by atoms with Crippen LogP contribution in [0.5, 0.6) is 0 Å². The van der Waals surface area contributed by atoms with Crippen LogP contribution in [0, 0.1) is 0 Å². The molecule has 1 nitrogen and oxygen atoms in total. The van der Waals surface area contributed by atoms with E-state index in [2.05, 4.69) is 30.3 Å². The van der Waals surface area contributed by atoms with E-state index in [0.717, 1.165) is 12.8 Å². The summed E-state index contributed by atoms with van der Waals surface area (Å²) in [6.07, 6.45) is 6.22. The van der Waals surface area contributed by atoms with Crippen LogP contribution in [0.2, 0.25) is 0 Å². The minimum Gasteiger partial charge on any atom is -0.321 e. The Labute approximate surface area is 92.1 Å². The lowest BCUT2D eigenvalue weighted by Crippen LogP contribution is -2.38. The molecule has 14 heavy (non-hydrogen) atoms. The fraction of sp³-hybridized carbons (Fsp3) is 0.500. The van der Waals surface area contributed by atoms with Crippen LogP contribution in [0.1, 0.15) is 37.7 Å². The Hall–Kier alpha value is -0.530. The molecule has 0 unspecified atom stereocenters. The van der Waals surface area contributed by atoms with Gasteiger partial charge in [-0.15, -0.1) is 12.4 Å². The predicted molar refractivity (Wildman–Crippen MR) is 62.6 cm³/mol. The number of hydrogen-bond donors (Lipinski definition) is 1. The quantitative estimate of drug-likeness (QED) is 0.759. The average molecular weight is 212 g/mol. The third kappa shape index (κ3) is 2.28. The minimum absolute atomic E-state index is 0. The van der Waals surface area contributed by atoms with Gasteiger partial charge in [-0.2, -0.15) is 0 Å². The van der Waals surface area contributed by atoms with Crippen molar-refractivity contribution in [3.8, 4) is 0 Å². The molecule has 1 saturated carbocycles. The first kappa shape index (κ1) is 11.5. The van der Waals surface area contributed by atoms with Gasteiger partial charge in [0.2, 0.25) is 0 Å². The molecule has 0 radical (unpaired) electrons. The molecule has 1 aromatic rings. The third-order valence-electron chi connectivity index (χ3n) is 3.09. The Morgan fingerprint density at radius 2 is 1.50 bits per heavy atom. The van der Waals surface area contributed by atoms with Gasteiger partial charge in [0.25, 0.3) is 0 Å². The normalized spacial score (nSPS) is 19.8. The summed E-state index contributed by atoms with van der Waals surface area (Å²) in [6, 6.07) is 10.5. The second-order valence-electron chi connectivity index (χ2n) is 4.08. The summed E-state index contributed by atoms with van der Waals surface area (Å²) in [7, 11) is 0. The zero-order valence-electron chi connectivity index (χ0n) is 8.41. The molecule has 0 saturated heterocycles. The first-order chi connectivity index (χ1) is 6.31. The molecule has 0 heterocycles. The second kappa shape index (κ2) is 4.81. The molecule has 1 aliphatic carbocycles. The van der Waals surface area contributed by atoms with Gasteiger partial charge in [0.05, 0.1) is 0 Å². The Kier molecular flexibility index (Phi) is 3.97. The Morgan fingerprint density at radius 3 is 2.07 bits per heavy atom. The molecule has 1 aliphatic rings. The van der Waals surface area contributed by atoms with Crippen molar-refractivity contribution in [1.29, 1.82) is 0 Å². The van der Waals surface area contributed by atoms with Gasteiger partial charge in [0, 0.05) is 5.54 Å². The van der Waals surface area contributed by atoms with Crippen molar-refractivity contribution in [2.24, 2.45) is 5.73 Å². The van der Waals surface area contributed by atoms with Crippen LogP contribution < -0.4 is 5.73 Å². The summed E-state index contributed by atoms with van der Waals surface area (Å²) in [5, 5.41) is 0. The zero-order chi connectivity index (χ0) is 9.15. The first-order valence-corrected chi connectivity index (χ1v) is 5.16. The lowest BCUT2D eigenvalue weighted by atomic mass is 9.77. The summed E-state index contributed by atoms with van der Waals surface area (Å²) in [5.41, 5.74) is 7.67. The lowest BCUT2D eigenvalue weighted by molar-refractivity contribution is 0.302. The molecule has 1 aromatic carbocycles. The molecule has 1 fully saturated rings. The molecule has 0 atom stereocenters. The molecular weight excluding hydrogens is 194 g/mol. The maximum Gasteiger partial charge on any atom is 0.0409 e. The Balaban J connectivity index is 0.000000980. The monoisotopic (exact) mass is 211 g/mol. The van der Waals surface area contributed by atoms with Gasteiger partial charge in [-0.05, 0) is 18.4 Å². The van der Waals surface area contributed by atoms with Gasteiger partial charge in [0.1, 0.15) is 0 Å².